The van der Waals surface area contributed by atoms with E-state index in [4.69, 9.17) is 0 Å². The maximum absolute atomic E-state index is 3.85. The van der Waals surface area contributed by atoms with Crippen molar-refractivity contribution in [3.8, 4) is 0 Å². The van der Waals surface area contributed by atoms with E-state index < -0.39 is 5.79 Å². The maximum Gasteiger partial charge on any atom is 0.154 e. The normalized spacial score (nSPS) is 16.0. The van der Waals surface area contributed by atoms with Gasteiger partial charge in [0.25, 0.3) is 0 Å². The van der Waals surface area contributed by atoms with Crippen LogP contribution in [0.1, 0.15) is 67.7 Å². The second kappa shape index (κ2) is 13.9. The highest BCUT2D eigenvalue weighted by Gasteiger charge is 2.42. The SMILES string of the molecule is CCCCNC(NCC(C)C)(NC(C)C)C(NCCC)N(CC)N(C)C. The molecule has 4 N–H and O–H groups in total. The molecule has 0 bridgehead atoms. The van der Waals surface area contributed by atoms with E-state index in [0.29, 0.717) is 12.0 Å². The highest BCUT2D eigenvalue weighted by atomic mass is 15.7. The molecule has 0 saturated carbocycles. The van der Waals surface area contributed by atoms with Gasteiger partial charge in [-0.1, -0.05) is 41.0 Å². The van der Waals surface area contributed by atoms with E-state index in [9.17, 15) is 0 Å². The molecule has 0 aromatic carbocycles. The van der Waals surface area contributed by atoms with E-state index in [1.54, 1.807) is 0 Å². The average molecular weight is 373 g/mol. The van der Waals surface area contributed by atoms with E-state index in [2.05, 4.69) is 93.8 Å². The third-order valence-corrected chi connectivity index (χ3v) is 4.37. The third kappa shape index (κ3) is 9.11. The number of hydrogen-bond donors (Lipinski definition) is 4. The molecule has 0 aromatic heterocycles. The van der Waals surface area contributed by atoms with Crippen molar-refractivity contribution < 1.29 is 0 Å². The summed E-state index contributed by atoms with van der Waals surface area (Å²) in [6.45, 7) is 19.5. The smallest absolute Gasteiger partial charge is 0.154 e. The zero-order valence-corrected chi connectivity index (χ0v) is 19.1. The molecular formula is C20H48N6. The molecule has 6 nitrogen and oxygen atoms in total. The Morgan fingerprint density at radius 1 is 0.885 bits per heavy atom. The van der Waals surface area contributed by atoms with Crippen LogP contribution in [0.3, 0.4) is 0 Å². The minimum Gasteiger partial charge on any atom is -0.297 e. The molecule has 0 aliphatic carbocycles. The first kappa shape index (κ1) is 25.8. The lowest BCUT2D eigenvalue weighted by molar-refractivity contribution is -0.0880. The third-order valence-electron chi connectivity index (χ3n) is 4.37. The summed E-state index contributed by atoms with van der Waals surface area (Å²) in [5.41, 5.74) is 0. The topological polar surface area (TPSA) is 54.6 Å². The quantitative estimate of drug-likeness (QED) is 0.190. The molecule has 0 amide bonds. The summed E-state index contributed by atoms with van der Waals surface area (Å²) in [6.07, 6.45) is 3.56. The van der Waals surface area contributed by atoms with Crippen LogP contribution in [-0.2, 0) is 0 Å². The van der Waals surface area contributed by atoms with Gasteiger partial charge >= 0.3 is 0 Å². The van der Waals surface area contributed by atoms with Crippen molar-refractivity contribution in [1.29, 1.82) is 0 Å². The van der Waals surface area contributed by atoms with Crippen molar-refractivity contribution >= 4 is 0 Å². The van der Waals surface area contributed by atoms with E-state index in [1.165, 1.54) is 12.8 Å². The fraction of sp³-hybridized carbons (Fsp3) is 1.00. The molecule has 0 radical (unpaired) electrons. The van der Waals surface area contributed by atoms with E-state index in [-0.39, 0.29) is 6.17 Å². The molecule has 26 heavy (non-hydrogen) atoms. The predicted molar refractivity (Wildman–Crippen MR) is 115 cm³/mol. The Bertz CT molecular complexity index is 334. The van der Waals surface area contributed by atoms with Gasteiger partial charge < -0.3 is 0 Å². The lowest BCUT2D eigenvalue weighted by atomic mass is 10.1. The molecule has 0 fully saturated rings. The molecule has 2 unspecified atom stereocenters. The lowest BCUT2D eigenvalue weighted by Gasteiger charge is -2.50. The summed E-state index contributed by atoms with van der Waals surface area (Å²) in [6, 6.07) is 0.357. The van der Waals surface area contributed by atoms with Gasteiger partial charge in [0.05, 0.1) is 0 Å². The van der Waals surface area contributed by atoms with Gasteiger partial charge in [0, 0.05) is 33.2 Å². The second-order valence-corrected chi connectivity index (χ2v) is 8.12. The highest BCUT2D eigenvalue weighted by Crippen LogP contribution is 2.14. The van der Waals surface area contributed by atoms with Crippen LogP contribution in [0.15, 0.2) is 0 Å². The van der Waals surface area contributed by atoms with Gasteiger partial charge in [-0.2, -0.15) is 0 Å². The summed E-state index contributed by atoms with van der Waals surface area (Å²) in [4.78, 5) is 0. The molecule has 0 aliphatic heterocycles. The minimum atomic E-state index is -0.400. The number of hydrogen-bond acceptors (Lipinski definition) is 6. The molecule has 6 heteroatoms. The Morgan fingerprint density at radius 2 is 1.54 bits per heavy atom. The first-order valence-corrected chi connectivity index (χ1v) is 10.7. The van der Waals surface area contributed by atoms with E-state index in [1.807, 2.05) is 0 Å². The number of hydrazine groups is 1. The zero-order valence-electron chi connectivity index (χ0n) is 19.1. The summed E-state index contributed by atoms with van der Waals surface area (Å²) >= 11 is 0. The number of likely N-dealkylation sites (N-methyl/N-ethyl adjacent to an activating group) is 1. The van der Waals surface area contributed by atoms with Crippen molar-refractivity contribution in [3.63, 3.8) is 0 Å². The van der Waals surface area contributed by atoms with Gasteiger partial charge in [-0.25, -0.2) is 10.0 Å². The molecule has 0 spiro atoms. The van der Waals surface area contributed by atoms with Crippen LogP contribution in [-0.4, -0.2) is 68.3 Å². The molecular weight excluding hydrogens is 324 g/mol. The molecule has 2 atom stereocenters. The van der Waals surface area contributed by atoms with Gasteiger partial charge in [0.2, 0.25) is 0 Å². The van der Waals surface area contributed by atoms with Crippen LogP contribution in [0.2, 0.25) is 0 Å². The molecule has 0 aliphatic rings. The summed E-state index contributed by atoms with van der Waals surface area (Å²) in [5, 5.41) is 19.9. The summed E-state index contributed by atoms with van der Waals surface area (Å²) in [7, 11) is 4.25. The molecule has 0 saturated heterocycles. The van der Waals surface area contributed by atoms with Crippen LogP contribution in [0, 0.1) is 5.92 Å². The number of unbranched alkanes of at least 4 members (excludes halogenated alkanes) is 1. The summed E-state index contributed by atoms with van der Waals surface area (Å²) in [5.74, 6) is 0.181. The molecule has 0 aromatic rings. The minimum absolute atomic E-state index is 0.0976. The maximum atomic E-state index is 3.85. The number of nitrogens with one attached hydrogen (secondary N) is 4. The zero-order chi connectivity index (χ0) is 20.2. The Labute approximate surface area is 163 Å². The standard InChI is InChI=1S/C20H48N6/c1-10-13-15-22-20(24-18(6)7,23-16-17(4)5)19(21-14-11-2)26(12-3)25(8)9/h17-19,21-24H,10-16H2,1-9H3. The Morgan fingerprint density at radius 3 is 1.96 bits per heavy atom. The number of nitrogens with zero attached hydrogens (tertiary/aromatic N) is 2. The van der Waals surface area contributed by atoms with Crippen LogP contribution in [0.4, 0.5) is 0 Å². The van der Waals surface area contributed by atoms with Crippen molar-refractivity contribution in [2.45, 2.75) is 85.7 Å². The van der Waals surface area contributed by atoms with Crippen LogP contribution in [0.25, 0.3) is 0 Å². The van der Waals surface area contributed by atoms with Crippen molar-refractivity contribution in [2.75, 3.05) is 40.3 Å². The molecule has 0 rings (SSSR count). The van der Waals surface area contributed by atoms with Crippen LogP contribution >= 0.6 is 0 Å². The fourth-order valence-corrected chi connectivity index (χ4v) is 3.18. The average Bonchev–Trinajstić information content (AvgIpc) is 2.55. The largest absolute Gasteiger partial charge is 0.297 e. The van der Waals surface area contributed by atoms with Gasteiger partial charge in [0.1, 0.15) is 6.17 Å². The highest BCUT2D eigenvalue weighted by molar-refractivity contribution is 4.95. The second-order valence-electron chi connectivity index (χ2n) is 8.12. The van der Waals surface area contributed by atoms with Crippen LogP contribution in [0.5, 0.6) is 0 Å². The Hall–Kier alpha value is -0.240. The predicted octanol–water partition coefficient (Wildman–Crippen LogP) is 2.40. The van der Waals surface area contributed by atoms with Crippen molar-refractivity contribution in [2.24, 2.45) is 5.92 Å². The monoisotopic (exact) mass is 372 g/mol. The van der Waals surface area contributed by atoms with Crippen molar-refractivity contribution in [3.05, 3.63) is 0 Å². The lowest BCUT2D eigenvalue weighted by Crippen LogP contribution is -2.81. The van der Waals surface area contributed by atoms with Gasteiger partial charge in [-0.3, -0.25) is 21.3 Å². The van der Waals surface area contributed by atoms with Gasteiger partial charge in [-0.15, -0.1) is 0 Å². The Balaban J connectivity index is 5.86. The first-order valence-electron chi connectivity index (χ1n) is 10.7. The van der Waals surface area contributed by atoms with E-state index >= 15 is 0 Å². The number of rotatable bonds is 16. The van der Waals surface area contributed by atoms with E-state index in [0.717, 1.165) is 32.6 Å². The van der Waals surface area contributed by atoms with Gasteiger partial charge in [-0.05, 0) is 45.7 Å². The summed E-state index contributed by atoms with van der Waals surface area (Å²) < 4.78 is 0. The molecule has 158 valence electrons. The molecule has 0 heterocycles. The Kier molecular flexibility index (Phi) is 13.7. The van der Waals surface area contributed by atoms with Crippen molar-refractivity contribution in [1.82, 2.24) is 31.3 Å². The van der Waals surface area contributed by atoms with Gasteiger partial charge in [0.15, 0.2) is 5.79 Å². The van der Waals surface area contributed by atoms with Crippen LogP contribution < -0.4 is 21.3 Å². The fourth-order valence-electron chi connectivity index (χ4n) is 3.18. The first-order chi connectivity index (χ1) is 12.2.